The molecule has 0 aliphatic heterocycles. The Kier molecular flexibility index (Phi) is 3.10. The van der Waals surface area contributed by atoms with Gasteiger partial charge in [0.25, 0.3) is 5.91 Å². The molecule has 1 amide bonds. The van der Waals surface area contributed by atoms with Crippen molar-refractivity contribution in [3.05, 3.63) is 23.0 Å². The van der Waals surface area contributed by atoms with Gasteiger partial charge < -0.3 is 5.73 Å². The zero-order valence-corrected chi connectivity index (χ0v) is 10.4. The van der Waals surface area contributed by atoms with E-state index in [4.69, 9.17) is 5.73 Å². The number of amides is 1. The average molecular weight is 251 g/mol. The van der Waals surface area contributed by atoms with Crippen molar-refractivity contribution < 1.29 is 4.79 Å². The molecule has 0 bridgehead atoms. The van der Waals surface area contributed by atoms with E-state index in [0.717, 1.165) is 4.88 Å². The molecule has 2 aromatic rings. The maximum absolute atomic E-state index is 11.9. The third kappa shape index (κ3) is 2.44. The van der Waals surface area contributed by atoms with Crippen LogP contribution in [0.2, 0.25) is 0 Å². The highest BCUT2D eigenvalue weighted by molar-refractivity contribution is 7.15. The third-order valence-corrected chi connectivity index (χ3v) is 3.00. The van der Waals surface area contributed by atoms with E-state index in [2.05, 4.69) is 15.4 Å². The van der Waals surface area contributed by atoms with Crippen molar-refractivity contribution in [1.29, 1.82) is 0 Å². The van der Waals surface area contributed by atoms with Gasteiger partial charge in [-0.15, -0.1) is 11.3 Å². The zero-order valence-electron chi connectivity index (χ0n) is 9.60. The number of nitrogen functional groups attached to an aromatic ring is 1. The predicted octanol–water partition coefficient (Wildman–Crippen LogP) is 1.50. The minimum atomic E-state index is -0.330. The molecule has 90 valence electrons. The van der Waals surface area contributed by atoms with Crippen LogP contribution in [0.5, 0.6) is 0 Å². The summed E-state index contributed by atoms with van der Waals surface area (Å²) in [7, 11) is 0. The number of nitrogens with one attached hydrogen (secondary N) is 1. The second-order valence-corrected chi connectivity index (χ2v) is 4.75. The van der Waals surface area contributed by atoms with Gasteiger partial charge in [-0.3, -0.25) is 14.8 Å². The molecule has 0 fully saturated rings. The smallest absolute Gasteiger partial charge is 0.280 e. The molecule has 6 nitrogen and oxygen atoms in total. The van der Waals surface area contributed by atoms with E-state index in [0.29, 0.717) is 17.4 Å². The normalized spacial score (nSPS) is 10.5. The molecule has 0 saturated heterocycles. The molecule has 0 atom stereocenters. The van der Waals surface area contributed by atoms with Gasteiger partial charge in [0.15, 0.2) is 10.8 Å². The number of carbonyl (C=O) groups is 1. The van der Waals surface area contributed by atoms with Crippen LogP contribution >= 0.6 is 11.3 Å². The lowest BCUT2D eigenvalue weighted by Gasteiger charge is -1.98. The van der Waals surface area contributed by atoms with Gasteiger partial charge >= 0.3 is 0 Å². The lowest BCUT2D eigenvalue weighted by atomic mass is 10.3. The lowest BCUT2D eigenvalue weighted by Crippen LogP contribution is -2.14. The maximum atomic E-state index is 11.9. The summed E-state index contributed by atoms with van der Waals surface area (Å²) in [6.07, 6.45) is 3.34. The van der Waals surface area contributed by atoms with Crippen LogP contribution in [0.25, 0.3) is 0 Å². The van der Waals surface area contributed by atoms with Crippen LogP contribution in [-0.4, -0.2) is 20.7 Å². The summed E-state index contributed by atoms with van der Waals surface area (Å²) in [5.74, 6) is -0.330. The number of carbonyl (C=O) groups excluding carboxylic acids is 1. The van der Waals surface area contributed by atoms with E-state index in [9.17, 15) is 4.79 Å². The SMILES string of the molecule is CCn1cc(N)c(C(=O)Nc2ncc(C)s2)n1. The molecule has 0 unspecified atom stereocenters. The van der Waals surface area contributed by atoms with Crippen molar-refractivity contribution in [3.8, 4) is 0 Å². The Labute approximate surface area is 102 Å². The molecule has 0 saturated carbocycles. The van der Waals surface area contributed by atoms with E-state index in [1.54, 1.807) is 17.1 Å². The molecule has 2 aromatic heterocycles. The molecule has 0 aliphatic rings. The van der Waals surface area contributed by atoms with E-state index < -0.39 is 0 Å². The Hall–Kier alpha value is -1.89. The first kappa shape index (κ1) is 11.6. The Balaban J connectivity index is 2.16. The second-order valence-electron chi connectivity index (χ2n) is 3.52. The molecule has 2 heterocycles. The summed E-state index contributed by atoms with van der Waals surface area (Å²) in [6, 6.07) is 0. The average Bonchev–Trinajstić information content (AvgIpc) is 2.85. The van der Waals surface area contributed by atoms with Crippen LogP contribution < -0.4 is 11.1 Å². The molecule has 0 aliphatic carbocycles. The summed E-state index contributed by atoms with van der Waals surface area (Å²) in [6.45, 7) is 4.53. The Morgan fingerprint density at radius 1 is 1.65 bits per heavy atom. The largest absolute Gasteiger partial charge is 0.396 e. The van der Waals surface area contributed by atoms with Crippen LogP contribution in [-0.2, 0) is 6.54 Å². The van der Waals surface area contributed by atoms with Crippen molar-refractivity contribution in [3.63, 3.8) is 0 Å². The number of aromatic nitrogens is 3. The van der Waals surface area contributed by atoms with Gasteiger partial charge in [-0.05, 0) is 13.8 Å². The summed E-state index contributed by atoms with van der Waals surface area (Å²) >= 11 is 1.41. The van der Waals surface area contributed by atoms with Crippen LogP contribution in [0.4, 0.5) is 10.8 Å². The van der Waals surface area contributed by atoms with Crippen molar-refractivity contribution in [1.82, 2.24) is 14.8 Å². The van der Waals surface area contributed by atoms with Gasteiger partial charge in [-0.2, -0.15) is 5.10 Å². The molecule has 7 heteroatoms. The van der Waals surface area contributed by atoms with Crippen molar-refractivity contribution in [2.45, 2.75) is 20.4 Å². The topological polar surface area (TPSA) is 85.8 Å². The van der Waals surface area contributed by atoms with Crippen LogP contribution in [0.3, 0.4) is 0 Å². The molecule has 17 heavy (non-hydrogen) atoms. The van der Waals surface area contributed by atoms with E-state index in [-0.39, 0.29) is 11.6 Å². The van der Waals surface area contributed by atoms with Crippen LogP contribution in [0.15, 0.2) is 12.4 Å². The fraction of sp³-hybridized carbons (Fsp3) is 0.300. The molecular weight excluding hydrogens is 238 g/mol. The van der Waals surface area contributed by atoms with Gasteiger partial charge in [0.05, 0.1) is 5.69 Å². The minimum absolute atomic E-state index is 0.236. The Morgan fingerprint density at radius 2 is 2.41 bits per heavy atom. The van der Waals surface area contributed by atoms with E-state index >= 15 is 0 Å². The Bertz CT molecular complexity index is 545. The number of hydrogen-bond donors (Lipinski definition) is 2. The molecule has 0 radical (unpaired) electrons. The number of rotatable bonds is 3. The molecule has 3 N–H and O–H groups in total. The highest BCUT2D eigenvalue weighted by atomic mass is 32.1. The molecular formula is C10H13N5OS. The number of anilines is 2. The first-order chi connectivity index (χ1) is 8.10. The molecule has 2 rings (SSSR count). The monoisotopic (exact) mass is 251 g/mol. The molecule has 0 aromatic carbocycles. The van der Waals surface area contributed by atoms with Crippen LogP contribution in [0.1, 0.15) is 22.3 Å². The number of hydrogen-bond acceptors (Lipinski definition) is 5. The second kappa shape index (κ2) is 4.54. The molecule has 0 spiro atoms. The quantitative estimate of drug-likeness (QED) is 0.865. The van der Waals surface area contributed by atoms with Gasteiger partial charge in [0.1, 0.15) is 0 Å². The summed E-state index contributed by atoms with van der Waals surface area (Å²) in [4.78, 5) is 17.0. The number of nitrogens with zero attached hydrogens (tertiary/aromatic N) is 3. The van der Waals surface area contributed by atoms with E-state index in [1.165, 1.54) is 11.3 Å². The number of thiazole rings is 1. The van der Waals surface area contributed by atoms with Gasteiger partial charge in [0, 0.05) is 23.8 Å². The maximum Gasteiger partial charge on any atom is 0.280 e. The van der Waals surface area contributed by atoms with Gasteiger partial charge in [0.2, 0.25) is 0 Å². The zero-order chi connectivity index (χ0) is 12.4. The van der Waals surface area contributed by atoms with Crippen LogP contribution in [0, 0.1) is 6.92 Å². The third-order valence-electron chi connectivity index (χ3n) is 2.17. The van der Waals surface area contributed by atoms with Crippen molar-refractivity contribution in [2.24, 2.45) is 0 Å². The predicted molar refractivity (Wildman–Crippen MR) is 67.1 cm³/mol. The standard InChI is InChI=1S/C10H13N5OS/c1-3-15-5-7(11)8(14-15)9(16)13-10-12-4-6(2)17-10/h4-5H,3,11H2,1-2H3,(H,12,13,16). The lowest BCUT2D eigenvalue weighted by molar-refractivity contribution is 0.102. The first-order valence-electron chi connectivity index (χ1n) is 5.17. The number of aryl methyl sites for hydroxylation is 2. The highest BCUT2D eigenvalue weighted by Crippen LogP contribution is 2.18. The summed E-state index contributed by atoms with van der Waals surface area (Å²) in [5.41, 5.74) is 6.32. The fourth-order valence-corrected chi connectivity index (χ4v) is 2.00. The first-order valence-corrected chi connectivity index (χ1v) is 5.98. The van der Waals surface area contributed by atoms with Gasteiger partial charge in [-0.25, -0.2) is 4.98 Å². The summed E-state index contributed by atoms with van der Waals surface area (Å²) in [5, 5.41) is 7.31. The van der Waals surface area contributed by atoms with Gasteiger partial charge in [-0.1, -0.05) is 0 Å². The van der Waals surface area contributed by atoms with Crippen molar-refractivity contribution in [2.75, 3.05) is 11.1 Å². The highest BCUT2D eigenvalue weighted by Gasteiger charge is 2.15. The summed E-state index contributed by atoms with van der Waals surface area (Å²) < 4.78 is 1.62. The van der Waals surface area contributed by atoms with E-state index in [1.807, 2.05) is 13.8 Å². The van der Waals surface area contributed by atoms with Crippen molar-refractivity contribution >= 4 is 28.1 Å². The Morgan fingerprint density at radius 3 is 2.94 bits per heavy atom. The fourth-order valence-electron chi connectivity index (χ4n) is 1.34. The minimum Gasteiger partial charge on any atom is -0.396 e. The number of nitrogens with two attached hydrogens (primary N) is 1.